The van der Waals surface area contributed by atoms with Gasteiger partial charge in [-0.25, -0.2) is 8.42 Å². The molecule has 11 heteroatoms. The average molecular weight is 398 g/mol. The Kier molecular flexibility index (Phi) is 4.22. The summed E-state index contributed by atoms with van der Waals surface area (Å²) in [6, 6.07) is 1.16. The van der Waals surface area contributed by atoms with E-state index in [0.29, 0.717) is 35.7 Å². The molecule has 0 unspecified atom stereocenters. The molecule has 2 fully saturated rings. The molecule has 0 atom stereocenters. The number of piperidine rings is 1. The van der Waals surface area contributed by atoms with E-state index in [9.17, 15) is 18.5 Å². The molecule has 1 saturated carbocycles. The van der Waals surface area contributed by atoms with Crippen molar-refractivity contribution >= 4 is 31.9 Å². The predicted octanol–water partition coefficient (Wildman–Crippen LogP) is 2.70. The second-order valence-corrected chi connectivity index (χ2v) is 10.1. The number of hydrogen-bond acceptors (Lipinski definition) is 9. The van der Waals surface area contributed by atoms with Crippen molar-refractivity contribution in [2.45, 2.75) is 41.7 Å². The van der Waals surface area contributed by atoms with Crippen LogP contribution in [0.25, 0.3) is 0 Å². The van der Waals surface area contributed by atoms with Gasteiger partial charge in [-0.2, -0.15) is 4.98 Å². The first-order valence-corrected chi connectivity index (χ1v) is 11.1. The van der Waals surface area contributed by atoms with E-state index < -0.39 is 14.8 Å². The Morgan fingerprint density at radius 1 is 1.27 bits per heavy atom. The molecule has 0 aromatic carbocycles. The standard InChI is InChI=1S/C15H18N4O5S2/c1-26(22,23)12-8-11(19(20)21)15(25-12)18-6-4-9(5-7-18)13-16-14(24-17-13)10-2-3-10/h8-10H,2-7H2,1H3. The Morgan fingerprint density at radius 3 is 2.54 bits per heavy atom. The van der Waals surface area contributed by atoms with Crippen molar-refractivity contribution in [3.63, 3.8) is 0 Å². The lowest BCUT2D eigenvalue weighted by atomic mass is 9.96. The van der Waals surface area contributed by atoms with Gasteiger partial charge in [0, 0.05) is 37.2 Å². The third-order valence-corrected chi connectivity index (χ3v) is 7.75. The van der Waals surface area contributed by atoms with Crippen molar-refractivity contribution < 1.29 is 17.9 Å². The third kappa shape index (κ3) is 3.32. The highest BCUT2D eigenvalue weighted by Crippen LogP contribution is 2.43. The van der Waals surface area contributed by atoms with E-state index in [4.69, 9.17) is 4.52 Å². The van der Waals surface area contributed by atoms with Crippen LogP contribution in [0.1, 0.15) is 49.2 Å². The summed E-state index contributed by atoms with van der Waals surface area (Å²) in [6.07, 6.45) is 4.75. The number of anilines is 1. The maximum atomic E-state index is 11.7. The molecule has 1 aliphatic heterocycles. The molecule has 1 saturated heterocycles. The summed E-state index contributed by atoms with van der Waals surface area (Å²) >= 11 is 0.961. The number of nitro groups is 1. The Bertz CT molecular complexity index is 939. The van der Waals surface area contributed by atoms with Gasteiger partial charge in [-0.1, -0.05) is 16.5 Å². The summed E-state index contributed by atoms with van der Waals surface area (Å²) in [6.45, 7) is 1.17. The molecular formula is C15H18N4O5S2. The van der Waals surface area contributed by atoms with Gasteiger partial charge in [-0.05, 0) is 25.7 Å². The average Bonchev–Trinajstić information content (AvgIpc) is 3.14. The van der Waals surface area contributed by atoms with Crippen molar-refractivity contribution in [3.05, 3.63) is 27.9 Å². The molecule has 0 amide bonds. The zero-order valence-corrected chi connectivity index (χ0v) is 15.8. The maximum Gasteiger partial charge on any atom is 0.305 e. The van der Waals surface area contributed by atoms with E-state index in [0.717, 1.165) is 49.3 Å². The van der Waals surface area contributed by atoms with Crippen LogP contribution in [0, 0.1) is 10.1 Å². The summed E-state index contributed by atoms with van der Waals surface area (Å²) in [5.41, 5.74) is -0.149. The second kappa shape index (κ2) is 6.31. The molecule has 3 heterocycles. The number of thiophene rings is 1. The molecule has 1 aliphatic carbocycles. The van der Waals surface area contributed by atoms with Crippen molar-refractivity contribution in [1.29, 1.82) is 0 Å². The van der Waals surface area contributed by atoms with Crippen LogP contribution in [0.3, 0.4) is 0 Å². The maximum absolute atomic E-state index is 11.7. The fourth-order valence-corrected chi connectivity index (χ4v) is 5.22. The molecular weight excluding hydrogens is 380 g/mol. The lowest BCUT2D eigenvalue weighted by Gasteiger charge is -2.30. The van der Waals surface area contributed by atoms with Gasteiger partial charge in [-0.15, -0.1) is 0 Å². The van der Waals surface area contributed by atoms with Crippen LogP contribution in [-0.4, -0.2) is 42.8 Å². The Balaban J connectivity index is 1.50. The topological polar surface area (TPSA) is 119 Å². The first-order valence-electron chi connectivity index (χ1n) is 8.39. The van der Waals surface area contributed by atoms with Gasteiger partial charge in [0.15, 0.2) is 20.7 Å². The van der Waals surface area contributed by atoms with Gasteiger partial charge in [0.25, 0.3) is 0 Å². The van der Waals surface area contributed by atoms with Crippen LogP contribution >= 0.6 is 11.3 Å². The van der Waals surface area contributed by atoms with Gasteiger partial charge in [-0.3, -0.25) is 10.1 Å². The summed E-state index contributed by atoms with van der Waals surface area (Å²) in [7, 11) is -3.47. The van der Waals surface area contributed by atoms with Gasteiger partial charge < -0.3 is 9.42 Å². The quantitative estimate of drug-likeness (QED) is 0.557. The molecule has 0 spiro atoms. The van der Waals surface area contributed by atoms with E-state index in [1.165, 1.54) is 0 Å². The second-order valence-electron chi connectivity index (χ2n) is 6.81. The van der Waals surface area contributed by atoms with Gasteiger partial charge in [0.2, 0.25) is 5.89 Å². The zero-order chi connectivity index (χ0) is 18.5. The molecule has 0 radical (unpaired) electrons. The highest BCUT2D eigenvalue weighted by Gasteiger charge is 2.34. The van der Waals surface area contributed by atoms with Crippen LogP contribution in [0.5, 0.6) is 0 Å². The summed E-state index contributed by atoms with van der Waals surface area (Å²) in [5.74, 6) is 2.01. The summed E-state index contributed by atoms with van der Waals surface area (Å²) in [4.78, 5) is 17.2. The Morgan fingerprint density at radius 2 is 1.96 bits per heavy atom. The number of nitrogens with zero attached hydrogens (tertiary/aromatic N) is 4. The largest absolute Gasteiger partial charge is 0.358 e. The van der Waals surface area contributed by atoms with E-state index in [1.807, 2.05) is 4.90 Å². The summed E-state index contributed by atoms with van der Waals surface area (Å²) in [5, 5.41) is 15.8. The van der Waals surface area contributed by atoms with Gasteiger partial charge in [0.05, 0.1) is 4.92 Å². The number of aromatic nitrogens is 2. The number of rotatable bonds is 5. The highest BCUT2D eigenvalue weighted by molar-refractivity contribution is 7.92. The van der Waals surface area contributed by atoms with Crippen LogP contribution in [-0.2, 0) is 9.84 Å². The van der Waals surface area contributed by atoms with E-state index in [1.54, 1.807) is 0 Å². The molecule has 0 bridgehead atoms. The summed E-state index contributed by atoms with van der Waals surface area (Å²) < 4.78 is 28.8. The molecule has 2 aromatic heterocycles. The fraction of sp³-hybridized carbons (Fsp3) is 0.600. The van der Waals surface area contributed by atoms with Gasteiger partial charge in [0.1, 0.15) is 4.21 Å². The van der Waals surface area contributed by atoms with Crippen LogP contribution in [0.4, 0.5) is 10.7 Å². The van der Waals surface area contributed by atoms with Crippen LogP contribution < -0.4 is 4.90 Å². The van der Waals surface area contributed by atoms with Crippen LogP contribution in [0.2, 0.25) is 0 Å². The fourth-order valence-electron chi connectivity index (χ4n) is 3.14. The smallest absolute Gasteiger partial charge is 0.305 e. The molecule has 2 aliphatic rings. The molecule has 4 rings (SSSR count). The first-order chi connectivity index (χ1) is 12.3. The lowest BCUT2D eigenvalue weighted by Crippen LogP contribution is -2.33. The predicted molar refractivity (Wildman–Crippen MR) is 94.5 cm³/mol. The van der Waals surface area contributed by atoms with Crippen molar-refractivity contribution in [2.24, 2.45) is 0 Å². The Hall–Kier alpha value is -2.01. The monoisotopic (exact) mass is 398 g/mol. The molecule has 140 valence electrons. The van der Waals surface area contributed by atoms with Crippen LogP contribution in [0.15, 0.2) is 14.8 Å². The minimum Gasteiger partial charge on any atom is -0.358 e. The minimum atomic E-state index is -3.47. The normalized spacial score (nSPS) is 19.0. The lowest BCUT2D eigenvalue weighted by molar-refractivity contribution is -0.383. The molecule has 0 N–H and O–H groups in total. The highest BCUT2D eigenvalue weighted by atomic mass is 32.2. The molecule has 2 aromatic rings. The van der Waals surface area contributed by atoms with Gasteiger partial charge >= 0.3 is 5.69 Å². The number of hydrogen-bond donors (Lipinski definition) is 0. The third-order valence-electron chi connectivity index (χ3n) is 4.76. The van der Waals surface area contributed by atoms with E-state index in [-0.39, 0.29) is 15.8 Å². The Labute approximate surface area is 154 Å². The van der Waals surface area contributed by atoms with E-state index in [2.05, 4.69) is 10.1 Å². The van der Waals surface area contributed by atoms with Crippen molar-refractivity contribution in [2.75, 3.05) is 24.2 Å². The van der Waals surface area contributed by atoms with Crippen molar-refractivity contribution in [1.82, 2.24) is 10.1 Å². The molecule has 26 heavy (non-hydrogen) atoms. The van der Waals surface area contributed by atoms with E-state index >= 15 is 0 Å². The minimum absolute atomic E-state index is 0.0218. The SMILES string of the molecule is CS(=O)(=O)c1cc([N+](=O)[O-])c(N2CCC(c3noc(C4CC4)n3)CC2)s1. The number of sulfone groups is 1. The zero-order valence-electron chi connectivity index (χ0n) is 14.1. The van der Waals surface area contributed by atoms with Crippen molar-refractivity contribution in [3.8, 4) is 0 Å². The first kappa shape index (κ1) is 17.4. The molecule has 9 nitrogen and oxygen atoms in total.